The van der Waals surface area contributed by atoms with E-state index in [1.165, 1.54) is 6.42 Å². The lowest BCUT2D eigenvalue weighted by Gasteiger charge is -2.17. The van der Waals surface area contributed by atoms with Gasteiger partial charge >= 0.3 is 0 Å². The zero-order chi connectivity index (χ0) is 20.5. The highest BCUT2D eigenvalue weighted by molar-refractivity contribution is 5.53. The molecule has 3 aromatic rings. The molecule has 0 atom stereocenters. The van der Waals surface area contributed by atoms with Crippen LogP contribution in [0.3, 0.4) is 0 Å². The normalized spacial score (nSPS) is 10.8. The third-order valence-corrected chi connectivity index (χ3v) is 4.72. The minimum Gasteiger partial charge on any atom is -0.496 e. The molecule has 0 unspecified atom stereocenters. The molecule has 0 saturated carbocycles. The maximum atomic E-state index is 6.02. The highest BCUT2D eigenvalue weighted by atomic mass is 16.5. The van der Waals surface area contributed by atoms with Crippen molar-refractivity contribution < 1.29 is 4.74 Å². The smallest absolute Gasteiger partial charge is 0.222 e. The van der Waals surface area contributed by atoms with Gasteiger partial charge in [0.05, 0.1) is 12.8 Å². The lowest BCUT2D eigenvalue weighted by molar-refractivity contribution is 0.410. The number of unbranched alkanes of at least 4 members (excludes halogenated alkanes) is 2. The molecule has 0 aliphatic rings. The Labute approximate surface area is 170 Å². The van der Waals surface area contributed by atoms with Crippen LogP contribution >= 0.6 is 0 Å². The molecule has 9 heteroatoms. The van der Waals surface area contributed by atoms with E-state index in [2.05, 4.69) is 48.9 Å². The molecule has 0 spiro atoms. The van der Waals surface area contributed by atoms with Crippen LogP contribution in [0.4, 0.5) is 11.8 Å². The molecule has 1 aromatic carbocycles. The molecular formula is C20H28N8O. The Morgan fingerprint density at radius 3 is 2.76 bits per heavy atom. The number of H-pyrrole nitrogens is 1. The van der Waals surface area contributed by atoms with Gasteiger partial charge in [-0.05, 0) is 24.5 Å². The van der Waals surface area contributed by atoms with E-state index in [1.54, 1.807) is 7.11 Å². The fourth-order valence-corrected chi connectivity index (χ4v) is 3.23. The zero-order valence-electron chi connectivity index (χ0n) is 17.0. The van der Waals surface area contributed by atoms with Gasteiger partial charge in [-0.2, -0.15) is 10.2 Å². The number of nitrogen functional groups attached to an aromatic ring is 1. The number of anilines is 2. The van der Waals surface area contributed by atoms with E-state index in [0.29, 0.717) is 25.1 Å². The van der Waals surface area contributed by atoms with Crippen molar-refractivity contribution in [3.8, 4) is 5.75 Å². The Bertz CT molecular complexity index is 898. The fraction of sp³-hybridized carbons (Fsp3) is 0.450. The summed E-state index contributed by atoms with van der Waals surface area (Å²) >= 11 is 0. The fourth-order valence-electron chi connectivity index (χ4n) is 3.23. The summed E-state index contributed by atoms with van der Waals surface area (Å²) in [4.78, 5) is 9.02. The van der Waals surface area contributed by atoms with Gasteiger partial charge in [-0.25, -0.2) is 4.98 Å². The third-order valence-electron chi connectivity index (χ3n) is 4.72. The second-order valence-corrected chi connectivity index (χ2v) is 6.81. The summed E-state index contributed by atoms with van der Waals surface area (Å²) in [6.07, 6.45) is 5.30. The molecular weight excluding hydrogens is 368 g/mol. The molecule has 4 N–H and O–H groups in total. The Kier molecular flexibility index (Phi) is 7.32. The molecule has 9 nitrogen and oxygen atoms in total. The van der Waals surface area contributed by atoms with Gasteiger partial charge < -0.3 is 15.8 Å². The number of aryl methyl sites for hydroxylation is 2. The van der Waals surface area contributed by atoms with Crippen LogP contribution in [0.2, 0.25) is 0 Å². The highest BCUT2D eigenvalue weighted by Gasteiger charge is 2.17. The number of nitrogens with two attached hydrogens (primary N) is 1. The van der Waals surface area contributed by atoms with Gasteiger partial charge in [0.1, 0.15) is 11.6 Å². The first-order valence-corrected chi connectivity index (χ1v) is 9.94. The Morgan fingerprint density at radius 2 is 2.00 bits per heavy atom. The largest absolute Gasteiger partial charge is 0.496 e. The maximum Gasteiger partial charge on any atom is 0.222 e. The molecule has 0 radical (unpaired) electrons. The van der Waals surface area contributed by atoms with Crippen LogP contribution in [0.1, 0.15) is 48.8 Å². The van der Waals surface area contributed by atoms with Crippen LogP contribution in [0, 0.1) is 0 Å². The van der Waals surface area contributed by atoms with Gasteiger partial charge in [-0.1, -0.05) is 43.2 Å². The van der Waals surface area contributed by atoms with Crippen LogP contribution in [-0.2, 0) is 19.3 Å². The molecule has 0 aliphatic heterocycles. The number of tetrazole rings is 1. The van der Waals surface area contributed by atoms with E-state index >= 15 is 0 Å². The molecule has 3 rings (SSSR count). The van der Waals surface area contributed by atoms with E-state index in [9.17, 15) is 0 Å². The predicted molar refractivity (Wildman–Crippen MR) is 112 cm³/mol. The number of nitrogens with zero attached hydrogens (tertiary/aromatic N) is 5. The summed E-state index contributed by atoms with van der Waals surface area (Å²) in [6.45, 7) is 3.03. The van der Waals surface area contributed by atoms with Gasteiger partial charge in [0.2, 0.25) is 5.95 Å². The number of rotatable bonds is 11. The van der Waals surface area contributed by atoms with Crippen LogP contribution in [0.15, 0.2) is 24.3 Å². The Morgan fingerprint density at radius 1 is 1.14 bits per heavy atom. The number of para-hydroxylation sites is 1. The second kappa shape index (κ2) is 10.4. The summed E-state index contributed by atoms with van der Waals surface area (Å²) in [5, 5.41) is 17.6. The number of methoxy groups -OCH3 is 1. The Balaban J connectivity index is 1.90. The molecule has 0 fully saturated rings. The van der Waals surface area contributed by atoms with Gasteiger partial charge in [-0.15, -0.1) is 10.2 Å². The van der Waals surface area contributed by atoms with Crippen molar-refractivity contribution in [1.29, 1.82) is 0 Å². The first-order chi connectivity index (χ1) is 14.2. The van der Waals surface area contributed by atoms with Gasteiger partial charge in [0, 0.05) is 24.9 Å². The predicted octanol–water partition coefficient (Wildman–Crippen LogP) is 2.56. The summed E-state index contributed by atoms with van der Waals surface area (Å²) in [6, 6.07) is 7.98. The standard InChI is InChI=1S/C20H28N8O/c1-3-4-7-12-22-19-15(13-14-8-5-6-9-17(14)29-2)16(23-20(21)24-19)10-11-18-25-27-28-26-18/h5-6,8-9H,3-4,7,10-13H2,1-2H3,(H3,21,22,23,24)(H,25,26,27,28). The van der Waals surface area contributed by atoms with E-state index in [0.717, 1.165) is 47.8 Å². The van der Waals surface area contributed by atoms with E-state index < -0.39 is 0 Å². The van der Waals surface area contributed by atoms with Crippen molar-refractivity contribution in [2.75, 3.05) is 24.7 Å². The quantitative estimate of drug-likeness (QED) is 0.422. The SMILES string of the molecule is CCCCCNc1nc(N)nc(CCc2nn[nH]n2)c1Cc1ccccc1OC. The first-order valence-electron chi connectivity index (χ1n) is 9.94. The topological polar surface area (TPSA) is 128 Å². The maximum absolute atomic E-state index is 6.02. The number of nitrogens with one attached hydrogen (secondary N) is 2. The minimum absolute atomic E-state index is 0.259. The van der Waals surface area contributed by atoms with Crippen molar-refractivity contribution in [1.82, 2.24) is 30.6 Å². The van der Waals surface area contributed by atoms with E-state index in [-0.39, 0.29) is 5.95 Å². The summed E-state index contributed by atoms with van der Waals surface area (Å²) in [5.74, 6) is 2.52. The molecule has 2 heterocycles. The third kappa shape index (κ3) is 5.63. The second-order valence-electron chi connectivity index (χ2n) is 6.81. The highest BCUT2D eigenvalue weighted by Crippen LogP contribution is 2.27. The van der Waals surface area contributed by atoms with Crippen LogP contribution in [0.5, 0.6) is 5.75 Å². The molecule has 0 bridgehead atoms. The summed E-state index contributed by atoms with van der Waals surface area (Å²) in [7, 11) is 1.68. The van der Waals surface area contributed by atoms with Crippen LogP contribution < -0.4 is 15.8 Å². The monoisotopic (exact) mass is 396 g/mol. The average molecular weight is 396 g/mol. The Hall–Kier alpha value is -3.23. The average Bonchev–Trinajstić information content (AvgIpc) is 3.25. The van der Waals surface area contributed by atoms with E-state index in [1.807, 2.05) is 18.2 Å². The molecule has 154 valence electrons. The van der Waals surface area contributed by atoms with Gasteiger partial charge in [-0.3, -0.25) is 0 Å². The van der Waals surface area contributed by atoms with Crippen molar-refractivity contribution in [3.63, 3.8) is 0 Å². The molecule has 0 aliphatic carbocycles. The van der Waals surface area contributed by atoms with Crippen molar-refractivity contribution in [3.05, 3.63) is 46.9 Å². The molecule has 2 aromatic heterocycles. The number of aromatic amines is 1. The summed E-state index contributed by atoms with van der Waals surface area (Å²) in [5.41, 5.74) is 8.99. The number of ether oxygens (including phenoxy) is 1. The number of benzene rings is 1. The number of aromatic nitrogens is 6. The zero-order valence-corrected chi connectivity index (χ0v) is 17.0. The minimum atomic E-state index is 0.259. The lowest BCUT2D eigenvalue weighted by atomic mass is 10.0. The van der Waals surface area contributed by atoms with Crippen molar-refractivity contribution >= 4 is 11.8 Å². The first kappa shape index (κ1) is 20.5. The van der Waals surface area contributed by atoms with Crippen molar-refractivity contribution in [2.45, 2.75) is 45.4 Å². The van der Waals surface area contributed by atoms with E-state index in [4.69, 9.17) is 10.5 Å². The molecule has 29 heavy (non-hydrogen) atoms. The molecule has 0 saturated heterocycles. The number of hydrogen-bond donors (Lipinski definition) is 3. The van der Waals surface area contributed by atoms with Gasteiger partial charge in [0.15, 0.2) is 5.82 Å². The molecule has 0 amide bonds. The lowest BCUT2D eigenvalue weighted by Crippen LogP contribution is -2.14. The van der Waals surface area contributed by atoms with Crippen LogP contribution in [-0.4, -0.2) is 44.2 Å². The summed E-state index contributed by atoms with van der Waals surface area (Å²) < 4.78 is 5.53. The van der Waals surface area contributed by atoms with Gasteiger partial charge in [0.25, 0.3) is 0 Å². The van der Waals surface area contributed by atoms with Crippen molar-refractivity contribution in [2.24, 2.45) is 0 Å². The number of hydrogen-bond acceptors (Lipinski definition) is 8. The van der Waals surface area contributed by atoms with Crippen LogP contribution in [0.25, 0.3) is 0 Å².